The molecule has 2 aromatic rings. The molecule has 2 saturated heterocycles. The van der Waals surface area contributed by atoms with Gasteiger partial charge in [-0.2, -0.15) is 0 Å². The third-order valence-corrected chi connectivity index (χ3v) is 7.18. The van der Waals surface area contributed by atoms with Gasteiger partial charge in [0, 0.05) is 45.8 Å². The highest BCUT2D eigenvalue weighted by Gasteiger charge is 2.24. The number of benzene rings is 1. The Kier molecular flexibility index (Phi) is 7.83. The number of ether oxygens (including phenoxy) is 1. The van der Waals surface area contributed by atoms with Crippen LogP contribution in [0.4, 0.5) is 5.00 Å². The first kappa shape index (κ1) is 22.1. The van der Waals surface area contributed by atoms with Crippen LogP contribution in [0.3, 0.4) is 0 Å². The molecule has 4 rings (SSSR count). The number of piperidine rings is 1. The van der Waals surface area contributed by atoms with E-state index in [-0.39, 0.29) is 0 Å². The van der Waals surface area contributed by atoms with E-state index in [0.29, 0.717) is 12.1 Å². The van der Waals surface area contributed by atoms with Crippen LogP contribution in [0.1, 0.15) is 30.0 Å². The lowest BCUT2D eigenvalue weighted by Crippen LogP contribution is -2.50. The minimum atomic E-state index is 0.308. The zero-order valence-corrected chi connectivity index (χ0v) is 19.5. The second-order valence-electron chi connectivity index (χ2n) is 8.39. The standard InChI is InChI=1S/C24H35N5OS/c1-19-5-3-6-20(17-19)22(28-12-14-30-15-13-28)18-26-24(25-2)27-21-8-10-29(11-9-21)23-7-4-16-31-23/h3-7,16-17,21-22H,8-15,18H2,1-2H3,(H2,25,26,27). The average molecular weight is 442 g/mol. The van der Waals surface area contributed by atoms with Gasteiger partial charge in [0.05, 0.1) is 24.3 Å². The van der Waals surface area contributed by atoms with Crippen molar-refractivity contribution in [2.75, 3.05) is 57.9 Å². The normalized spacial score (nSPS) is 19.9. The molecule has 0 saturated carbocycles. The number of nitrogens with zero attached hydrogens (tertiary/aromatic N) is 3. The Balaban J connectivity index is 1.33. The highest BCUT2D eigenvalue weighted by Crippen LogP contribution is 2.25. The van der Waals surface area contributed by atoms with E-state index >= 15 is 0 Å². The molecule has 2 aliphatic heterocycles. The van der Waals surface area contributed by atoms with Crippen LogP contribution in [0.25, 0.3) is 0 Å². The summed E-state index contributed by atoms with van der Waals surface area (Å²) in [4.78, 5) is 9.54. The topological polar surface area (TPSA) is 52.1 Å². The third kappa shape index (κ3) is 5.99. The van der Waals surface area contributed by atoms with Gasteiger partial charge in [0.15, 0.2) is 5.96 Å². The Morgan fingerprint density at radius 2 is 1.97 bits per heavy atom. The lowest BCUT2D eigenvalue weighted by atomic mass is 10.0. The third-order valence-electron chi connectivity index (χ3n) is 6.25. The number of thiophene rings is 1. The number of guanidine groups is 1. The molecule has 31 heavy (non-hydrogen) atoms. The number of aliphatic imine (C=N–C) groups is 1. The number of rotatable bonds is 6. The molecule has 2 aliphatic rings. The molecule has 7 heteroatoms. The molecule has 0 radical (unpaired) electrons. The van der Waals surface area contributed by atoms with Crippen LogP contribution in [0.5, 0.6) is 0 Å². The second kappa shape index (κ2) is 11.0. The SMILES string of the molecule is CN=C(NCC(c1cccc(C)c1)N1CCOCC1)NC1CCN(c2cccs2)CC1. The van der Waals surface area contributed by atoms with Crippen LogP contribution >= 0.6 is 11.3 Å². The summed E-state index contributed by atoms with van der Waals surface area (Å²) in [5.41, 5.74) is 2.66. The number of morpholine rings is 1. The molecule has 0 aliphatic carbocycles. The summed E-state index contributed by atoms with van der Waals surface area (Å²) in [5, 5.41) is 10.8. The molecular weight excluding hydrogens is 406 g/mol. The van der Waals surface area contributed by atoms with Crippen LogP contribution in [-0.2, 0) is 4.74 Å². The van der Waals surface area contributed by atoms with Gasteiger partial charge in [0.25, 0.3) is 0 Å². The van der Waals surface area contributed by atoms with Crippen LogP contribution in [0, 0.1) is 6.92 Å². The predicted molar refractivity (Wildman–Crippen MR) is 130 cm³/mol. The van der Waals surface area contributed by atoms with Crippen molar-refractivity contribution in [1.29, 1.82) is 0 Å². The summed E-state index contributed by atoms with van der Waals surface area (Å²) in [6.45, 7) is 8.72. The van der Waals surface area contributed by atoms with Crippen molar-refractivity contribution in [2.24, 2.45) is 4.99 Å². The fraction of sp³-hybridized carbons (Fsp3) is 0.542. The number of anilines is 1. The zero-order chi connectivity index (χ0) is 21.5. The van der Waals surface area contributed by atoms with E-state index in [9.17, 15) is 0 Å². The Morgan fingerprint density at radius 3 is 2.65 bits per heavy atom. The summed E-state index contributed by atoms with van der Waals surface area (Å²) in [6.07, 6.45) is 2.26. The van der Waals surface area contributed by atoms with Gasteiger partial charge < -0.3 is 20.3 Å². The van der Waals surface area contributed by atoms with Crippen molar-refractivity contribution in [3.63, 3.8) is 0 Å². The molecule has 2 N–H and O–H groups in total. The molecular formula is C24H35N5OS. The average Bonchev–Trinajstić information content (AvgIpc) is 3.35. The summed E-state index contributed by atoms with van der Waals surface area (Å²) in [6, 6.07) is 14.0. The molecule has 1 aromatic heterocycles. The van der Waals surface area contributed by atoms with Crippen molar-refractivity contribution in [2.45, 2.75) is 31.8 Å². The number of aryl methyl sites for hydroxylation is 1. The monoisotopic (exact) mass is 441 g/mol. The van der Waals surface area contributed by atoms with Crippen LogP contribution in [-0.4, -0.2) is 69.9 Å². The highest BCUT2D eigenvalue weighted by molar-refractivity contribution is 7.14. The summed E-state index contributed by atoms with van der Waals surface area (Å²) in [7, 11) is 1.87. The first-order valence-electron chi connectivity index (χ1n) is 11.4. The summed E-state index contributed by atoms with van der Waals surface area (Å²) in [5.74, 6) is 0.903. The molecule has 1 aromatic carbocycles. The highest BCUT2D eigenvalue weighted by atomic mass is 32.1. The number of nitrogens with one attached hydrogen (secondary N) is 2. The maximum Gasteiger partial charge on any atom is 0.191 e. The lowest BCUT2D eigenvalue weighted by molar-refractivity contribution is 0.0170. The summed E-state index contributed by atoms with van der Waals surface area (Å²) >= 11 is 1.83. The molecule has 2 fully saturated rings. The molecule has 6 nitrogen and oxygen atoms in total. The molecule has 0 amide bonds. The van der Waals surface area contributed by atoms with Crippen molar-refractivity contribution in [3.05, 3.63) is 52.9 Å². The quantitative estimate of drug-likeness (QED) is 0.532. The van der Waals surface area contributed by atoms with E-state index in [1.165, 1.54) is 16.1 Å². The van der Waals surface area contributed by atoms with Gasteiger partial charge in [-0.1, -0.05) is 29.8 Å². The summed E-state index contributed by atoms with van der Waals surface area (Å²) < 4.78 is 5.59. The maximum atomic E-state index is 5.59. The molecule has 1 atom stereocenters. The molecule has 0 spiro atoms. The predicted octanol–water partition coefficient (Wildman–Crippen LogP) is 3.26. The zero-order valence-electron chi connectivity index (χ0n) is 18.7. The minimum absolute atomic E-state index is 0.308. The van der Waals surface area contributed by atoms with Crippen molar-refractivity contribution in [1.82, 2.24) is 15.5 Å². The van der Waals surface area contributed by atoms with E-state index in [1.807, 2.05) is 18.4 Å². The fourth-order valence-corrected chi connectivity index (χ4v) is 5.29. The Morgan fingerprint density at radius 1 is 1.16 bits per heavy atom. The lowest BCUT2D eigenvalue weighted by Gasteiger charge is -2.36. The van der Waals surface area contributed by atoms with Gasteiger partial charge in [-0.05, 0) is 42.8 Å². The fourth-order valence-electron chi connectivity index (χ4n) is 4.50. The smallest absolute Gasteiger partial charge is 0.191 e. The van der Waals surface area contributed by atoms with E-state index in [2.05, 4.69) is 74.1 Å². The molecule has 168 valence electrons. The van der Waals surface area contributed by atoms with Gasteiger partial charge in [0.1, 0.15) is 0 Å². The molecule has 1 unspecified atom stereocenters. The van der Waals surface area contributed by atoms with Gasteiger partial charge in [-0.25, -0.2) is 0 Å². The Bertz CT molecular complexity index is 826. The second-order valence-corrected chi connectivity index (χ2v) is 9.31. The number of hydrogen-bond donors (Lipinski definition) is 2. The first-order valence-corrected chi connectivity index (χ1v) is 12.2. The minimum Gasteiger partial charge on any atom is -0.379 e. The van der Waals surface area contributed by atoms with Crippen molar-refractivity contribution in [3.8, 4) is 0 Å². The van der Waals surface area contributed by atoms with Crippen LogP contribution in [0.15, 0.2) is 46.8 Å². The Hall–Kier alpha value is -2.09. The van der Waals surface area contributed by atoms with E-state index in [0.717, 1.165) is 64.7 Å². The number of hydrogen-bond acceptors (Lipinski definition) is 5. The van der Waals surface area contributed by atoms with Crippen molar-refractivity contribution >= 4 is 22.3 Å². The van der Waals surface area contributed by atoms with Crippen LogP contribution < -0.4 is 15.5 Å². The largest absolute Gasteiger partial charge is 0.379 e. The van der Waals surface area contributed by atoms with E-state index in [1.54, 1.807) is 0 Å². The van der Waals surface area contributed by atoms with E-state index in [4.69, 9.17) is 4.74 Å². The molecule has 0 bridgehead atoms. The van der Waals surface area contributed by atoms with E-state index < -0.39 is 0 Å². The van der Waals surface area contributed by atoms with Crippen LogP contribution in [0.2, 0.25) is 0 Å². The van der Waals surface area contributed by atoms with Gasteiger partial charge >= 0.3 is 0 Å². The maximum absolute atomic E-state index is 5.59. The van der Waals surface area contributed by atoms with Crippen molar-refractivity contribution < 1.29 is 4.74 Å². The van der Waals surface area contributed by atoms with Gasteiger partial charge in [-0.15, -0.1) is 11.3 Å². The van der Waals surface area contributed by atoms with Gasteiger partial charge in [-0.3, -0.25) is 9.89 Å². The first-order chi connectivity index (χ1) is 15.2. The molecule has 3 heterocycles. The van der Waals surface area contributed by atoms with Gasteiger partial charge in [0.2, 0.25) is 0 Å². The Labute approximate surface area is 190 Å².